The third kappa shape index (κ3) is 4.43. The summed E-state index contributed by atoms with van der Waals surface area (Å²) < 4.78 is 15.5. The molecular weight excluding hydrogens is 342 g/mol. The van der Waals surface area contributed by atoms with Gasteiger partial charge >= 0.3 is 0 Å². The lowest BCUT2D eigenvalue weighted by molar-refractivity contribution is -0.123. The number of benzene rings is 1. The molecule has 0 spiro atoms. The number of nitrogens with one attached hydrogen (secondary N) is 2. The van der Waals surface area contributed by atoms with Crippen LogP contribution in [0.25, 0.3) is 0 Å². The Hall–Kier alpha value is -1.63. The highest BCUT2D eigenvalue weighted by Gasteiger charge is 2.24. The van der Waals surface area contributed by atoms with Crippen molar-refractivity contribution < 1.29 is 9.18 Å². The van der Waals surface area contributed by atoms with Crippen molar-refractivity contribution in [2.45, 2.75) is 19.0 Å². The van der Waals surface area contributed by atoms with E-state index in [9.17, 15) is 9.18 Å². The van der Waals surface area contributed by atoms with Crippen LogP contribution >= 0.6 is 24.0 Å². The van der Waals surface area contributed by atoms with Crippen molar-refractivity contribution in [3.8, 4) is 0 Å². The number of aryl methyl sites for hydroxylation is 1. The minimum Gasteiger partial charge on any atom is -0.348 e. The number of hydrogen-bond donors (Lipinski definition) is 2. The van der Waals surface area contributed by atoms with Gasteiger partial charge in [-0.05, 0) is 26.1 Å². The molecule has 0 saturated heterocycles. The maximum atomic E-state index is 13.9. The van der Waals surface area contributed by atoms with E-state index in [1.807, 2.05) is 0 Å². The molecule has 0 aliphatic heterocycles. The van der Waals surface area contributed by atoms with Gasteiger partial charge in [0.25, 0.3) is 0 Å². The van der Waals surface area contributed by atoms with E-state index in [0.717, 1.165) is 5.56 Å². The summed E-state index contributed by atoms with van der Waals surface area (Å²) in [6.45, 7) is 1.69. The van der Waals surface area contributed by atoms with Crippen LogP contribution in [0.2, 0.25) is 5.02 Å². The summed E-state index contributed by atoms with van der Waals surface area (Å²) in [7, 11) is 3.45. The number of rotatable bonds is 5. The highest BCUT2D eigenvalue weighted by Crippen LogP contribution is 2.26. The summed E-state index contributed by atoms with van der Waals surface area (Å²) in [5, 5.41) is 10.0. The number of aromatic nitrogens is 2. The Labute approximate surface area is 145 Å². The molecule has 0 bridgehead atoms. The monoisotopic (exact) mass is 360 g/mol. The van der Waals surface area contributed by atoms with Crippen molar-refractivity contribution in [1.29, 1.82) is 0 Å². The van der Waals surface area contributed by atoms with Gasteiger partial charge in [0.2, 0.25) is 5.91 Å². The topological polar surface area (TPSA) is 59.0 Å². The van der Waals surface area contributed by atoms with E-state index in [4.69, 9.17) is 11.6 Å². The number of nitrogens with zero attached hydrogens (tertiary/aromatic N) is 2. The van der Waals surface area contributed by atoms with Gasteiger partial charge in [-0.15, -0.1) is 12.4 Å². The Bertz CT molecular complexity index is 657. The van der Waals surface area contributed by atoms with E-state index in [-0.39, 0.29) is 28.9 Å². The fourth-order valence-electron chi connectivity index (χ4n) is 2.33. The standard InChI is InChI=1S/C15H18ClFN4O.ClH/c1-9(13-11(16)5-4-6-12(13)17)20-15(22)14(18-2)10-7-19-21(3)8-10;/h4-9,14,18H,1-3H3,(H,20,22);1H. The van der Waals surface area contributed by atoms with E-state index < -0.39 is 17.9 Å². The summed E-state index contributed by atoms with van der Waals surface area (Å²) >= 11 is 6.02. The summed E-state index contributed by atoms with van der Waals surface area (Å²) in [4.78, 5) is 12.4. The van der Waals surface area contributed by atoms with Crippen LogP contribution < -0.4 is 10.6 Å². The molecule has 1 heterocycles. The van der Waals surface area contributed by atoms with Crippen LogP contribution in [0.3, 0.4) is 0 Å². The zero-order valence-corrected chi connectivity index (χ0v) is 14.6. The molecule has 23 heavy (non-hydrogen) atoms. The Morgan fingerprint density at radius 2 is 2.13 bits per heavy atom. The van der Waals surface area contributed by atoms with Crippen molar-refractivity contribution in [3.05, 3.63) is 52.6 Å². The van der Waals surface area contributed by atoms with Crippen LogP contribution in [-0.4, -0.2) is 22.7 Å². The predicted molar refractivity (Wildman–Crippen MR) is 90.2 cm³/mol. The maximum absolute atomic E-state index is 13.9. The van der Waals surface area contributed by atoms with Crippen LogP contribution in [0.15, 0.2) is 30.6 Å². The minimum atomic E-state index is -0.568. The average molecular weight is 361 g/mol. The molecule has 5 nitrogen and oxygen atoms in total. The van der Waals surface area contributed by atoms with Gasteiger partial charge < -0.3 is 10.6 Å². The molecule has 1 aromatic carbocycles. The molecule has 2 rings (SSSR count). The molecule has 1 amide bonds. The summed E-state index contributed by atoms with van der Waals surface area (Å²) in [6, 6.07) is 3.33. The molecular formula is C15H19Cl2FN4O. The molecule has 0 aliphatic carbocycles. The quantitative estimate of drug-likeness (QED) is 0.861. The molecule has 2 atom stereocenters. The van der Waals surface area contributed by atoms with Crippen molar-refractivity contribution >= 4 is 29.9 Å². The number of carbonyl (C=O) groups is 1. The third-order valence-electron chi connectivity index (χ3n) is 3.40. The average Bonchev–Trinajstić information content (AvgIpc) is 2.85. The molecule has 126 valence electrons. The lowest BCUT2D eigenvalue weighted by atomic mass is 10.1. The molecule has 8 heteroatoms. The molecule has 0 radical (unpaired) electrons. The zero-order chi connectivity index (χ0) is 16.3. The second-order valence-corrected chi connectivity index (χ2v) is 5.44. The first kappa shape index (κ1) is 19.4. The highest BCUT2D eigenvalue weighted by atomic mass is 35.5. The fourth-order valence-corrected chi connectivity index (χ4v) is 2.66. The molecule has 0 fully saturated rings. The smallest absolute Gasteiger partial charge is 0.242 e. The van der Waals surface area contributed by atoms with Gasteiger partial charge in [0, 0.05) is 29.4 Å². The summed E-state index contributed by atoms with van der Waals surface area (Å²) in [5.41, 5.74) is 1.01. The minimum absolute atomic E-state index is 0. The molecule has 2 aromatic rings. The van der Waals surface area contributed by atoms with Gasteiger partial charge in [0.1, 0.15) is 11.9 Å². The summed E-state index contributed by atoms with van der Waals surface area (Å²) in [6.07, 6.45) is 3.36. The fraction of sp³-hybridized carbons (Fsp3) is 0.333. The largest absolute Gasteiger partial charge is 0.348 e. The van der Waals surface area contributed by atoms with Crippen LogP contribution in [-0.2, 0) is 11.8 Å². The van der Waals surface area contributed by atoms with E-state index in [1.165, 1.54) is 12.1 Å². The number of carbonyl (C=O) groups excluding carboxylic acids is 1. The van der Waals surface area contributed by atoms with Crippen molar-refractivity contribution in [2.24, 2.45) is 7.05 Å². The van der Waals surface area contributed by atoms with Crippen LogP contribution in [0.4, 0.5) is 4.39 Å². The van der Waals surface area contributed by atoms with Crippen molar-refractivity contribution in [3.63, 3.8) is 0 Å². The van der Waals surface area contributed by atoms with E-state index in [1.54, 1.807) is 44.2 Å². The van der Waals surface area contributed by atoms with Crippen molar-refractivity contribution in [2.75, 3.05) is 7.05 Å². The van der Waals surface area contributed by atoms with Crippen LogP contribution in [0, 0.1) is 5.82 Å². The van der Waals surface area contributed by atoms with Gasteiger partial charge in [-0.25, -0.2) is 4.39 Å². The van der Waals surface area contributed by atoms with Gasteiger partial charge in [-0.3, -0.25) is 9.48 Å². The van der Waals surface area contributed by atoms with E-state index >= 15 is 0 Å². The lowest BCUT2D eigenvalue weighted by Crippen LogP contribution is -2.37. The third-order valence-corrected chi connectivity index (χ3v) is 3.73. The van der Waals surface area contributed by atoms with Gasteiger partial charge in [0.05, 0.1) is 12.2 Å². The van der Waals surface area contributed by atoms with Gasteiger partial charge in [0.15, 0.2) is 0 Å². The van der Waals surface area contributed by atoms with Crippen LogP contribution in [0.1, 0.15) is 30.1 Å². The molecule has 2 unspecified atom stereocenters. The molecule has 1 aromatic heterocycles. The van der Waals surface area contributed by atoms with E-state index in [0.29, 0.717) is 0 Å². The van der Waals surface area contributed by atoms with Crippen LogP contribution in [0.5, 0.6) is 0 Å². The summed E-state index contributed by atoms with van der Waals surface area (Å²) in [5.74, 6) is -0.718. The molecule has 0 aliphatic rings. The SMILES string of the molecule is CNC(C(=O)NC(C)c1c(F)cccc1Cl)c1cnn(C)c1.Cl. The maximum Gasteiger partial charge on any atom is 0.242 e. The van der Waals surface area contributed by atoms with Gasteiger partial charge in [-0.2, -0.15) is 5.10 Å². The number of halogens is 3. The molecule has 2 N–H and O–H groups in total. The zero-order valence-electron chi connectivity index (χ0n) is 13.0. The predicted octanol–water partition coefficient (Wildman–Crippen LogP) is 2.77. The lowest BCUT2D eigenvalue weighted by Gasteiger charge is -2.20. The molecule has 0 saturated carbocycles. The number of amides is 1. The van der Waals surface area contributed by atoms with Gasteiger partial charge in [-0.1, -0.05) is 17.7 Å². The Kier molecular flexibility index (Phi) is 7.00. The van der Waals surface area contributed by atoms with E-state index in [2.05, 4.69) is 15.7 Å². The first-order valence-electron chi connectivity index (χ1n) is 6.84. The second-order valence-electron chi connectivity index (χ2n) is 5.03. The second kappa shape index (κ2) is 8.29. The Balaban J connectivity index is 0.00000264. The Morgan fingerprint density at radius 3 is 2.65 bits per heavy atom. The Morgan fingerprint density at radius 1 is 1.43 bits per heavy atom. The highest BCUT2D eigenvalue weighted by molar-refractivity contribution is 6.31. The van der Waals surface area contributed by atoms with Crippen molar-refractivity contribution in [1.82, 2.24) is 20.4 Å². The number of hydrogen-bond acceptors (Lipinski definition) is 3. The normalized spacial score (nSPS) is 13.1. The first-order valence-corrected chi connectivity index (χ1v) is 7.22. The number of likely N-dealkylation sites (N-methyl/N-ethyl adjacent to an activating group) is 1. The first-order chi connectivity index (χ1) is 10.4.